The largest absolute Gasteiger partial charge is 0.480 e. The molecule has 2 rings (SSSR count). The second kappa shape index (κ2) is 16.1. The SMILES string of the molecule is CC[C@H](C)[C@H](N)C(=O)N[C@@H](Cc1ccc(C(F)(F)P(=O)(O)O)cc1)C(=O)O.NC(=O)[C@@H](N)Cc1ccc(C(F)(F)P(=O)(O)O)cc1. The molecular weight excluding hydrogens is 666 g/mol. The van der Waals surface area contributed by atoms with Crippen molar-refractivity contribution in [3.63, 3.8) is 0 Å². The molecule has 0 aliphatic carbocycles. The Morgan fingerprint density at radius 2 is 1.17 bits per heavy atom. The number of rotatable bonds is 14. The zero-order valence-electron chi connectivity index (χ0n) is 24.5. The summed E-state index contributed by atoms with van der Waals surface area (Å²) in [4.78, 5) is 68.8. The van der Waals surface area contributed by atoms with Gasteiger partial charge in [-0.2, -0.15) is 17.6 Å². The van der Waals surface area contributed by atoms with Crippen molar-refractivity contribution in [1.29, 1.82) is 0 Å². The van der Waals surface area contributed by atoms with E-state index in [4.69, 9.17) is 36.8 Å². The van der Waals surface area contributed by atoms with E-state index in [9.17, 15) is 46.2 Å². The Bertz CT molecular complexity index is 1450. The number of carbonyl (C=O) groups excluding carboxylic acids is 2. The molecule has 0 unspecified atom stereocenters. The molecule has 0 spiro atoms. The average Bonchev–Trinajstić information content (AvgIpc) is 2.95. The summed E-state index contributed by atoms with van der Waals surface area (Å²) in [5.41, 5.74) is 6.54. The highest BCUT2D eigenvalue weighted by molar-refractivity contribution is 7.52. The van der Waals surface area contributed by atoms with E-state index in [1.165, 1.54) is 12.1 Å². The van der Waals surface area contributed by atoms with Crippen LogP contribution in [0.15, 0.2) is 48.5 Å². The molecule has 46 heavy (non-hydrogen) atoms. The summed E-state index contributed by atoms with van der Waals surface area (Å²) < 4.78 is 75.4. The van der Waals surface area contributed by atoms with Crippen LogP contribution < -0.4 is 22.5 Å². The smallest absolute Gasteiger partial charge is 0.399 e. The number of carbonyl (C=O) groups is 3. The lowest BCUT2D eigenvalue weighted by Crippen LogP contribution is -2.51. The highest BCUT2D eigenvalue weighted by Crippen LogP contribution is 2.60. The number of halogens is 4. The number of carboxylic acid groups (broad SMARTS) is 1. The molecule has 2 amide bonds. The third kappa shape index (κ3) is 11.0. The Hall–Kier alpha value is -3.21. The van der Waals surface area contributed by atoms with E-state index in [1.807, 2.05) is 6.92 Å². The van der Waals surface area contributed by atoms with Gasteiger partial charge in [-0.05, 0) is 23.5 Å². The van der Waals surface area contributed by atoms with Crippen LogP contribution in [0.3, 0.4) is 0 Å². The number of carboxylic acids is 1. The molecule has 0 bridgehead atoms. The van der Waals surface area contributed by atoms with Crippen molar-refractivity contribution in [2.75, 3.05) is 0 Å². The Morgan fingerprint density at radius 3 is 1.48 bits per heavy atom. The number of aliphatic carboxylic acids is 1. The molecule has 20 heteroatoms. The van der Waals surface area contributed by atoms with Crippen LogP contribution in [0.5, 0.6) is 0 Å². The Labute approximate surface area is 260 Å². The van der Waals surface area contributed by atoms with E-state index < -0.39 is 73.6 Å². The summed E-state index contributed by atoms with van der Waals surface area (Å²) in [6.45, 7) is 3.58. The molecule has 258 valence electrons. The summed E-state index contributed by atoms with van der Waals surface area (Å²) in [6, 6.07) is 4.86. The molecule has 0 aliphatic heterocycles. The lowest BCUT2D eigenvalue weighted by atomic mass is 9.98. The number of nitrogens with two attached hydrogens (primary N) is 3. The fraction of sp³-hybridized carbons (Fsp3) is 0.423. The first kappa shape index (κ1) is 40.8. The van der Waals surface area contributed by atoms with E-state index in [2.05, 4.69) is 5.32 Å². The minimum atomic E-state index is -5.69. The Kier molecular flexibility index (Phi) is 14.3. The molecule has 14 nitrogen and oxygen atoms in total. The summed E-state index contributed by atoms with van der Waals surface area (Å²) in [6.07, 6.45) is 0.467. The van der Waals surface area contributed by atoms with Crippen LogP contribution in [0.2, 0.25) is 0 Å². The van der Waals surface area contributed by atoms with Gasteiger partial charge in [-0.25, -0.2) is 4.79 Å². The maximum Gasteiger partial charge on any atom is 0.399 e. The molecule has 0 saturated carbocycles. The Balaban J connectivity index is 0.000000489. The normalized spacial score (nSPS) is 15.0. The molecule has 0 fully saturated rings. The molecule has 0 heterocycles. The molecule has 12 N–H and O–H groups in total. The van der Waals surface area contributed by atoms with Gasteiger partial charge in [-0.1, -0.05) is 68.8 Å². The van der Waals surface area contributed by atoms with Crippen LogP contribution in [0.4, 0.5) is 17.6 Å². The monoisotopic (exact) mass is 702 g/mol. The number of hydrogen-bond donors (Lipinski definition) is 9. The fourth-order valence-corrected chi connectivity index (χ4v) is 4.56. The number of primary amides is 1. The highest BCUT2D eigenvalue weighted by atomic mass is 31.2. The van der Waals surface area contributed by atoms with E-state index in [0.717, 1.165) is 36.4 Å². The number of alkyl halides is 4. The van der Waals surface area contributed by atoms with Gasteiger partial charge in [0.25, 0.3) is 0 Å². The van der Waals surface area contributed by atoms with E-state index in [-0.39, 0.29) is 24.3 Å². The number of nitrogens with one attached hydrogen (secondary N) is 1. The molecule has 0 aliphatic rings. The topological polar surface area (TPSA) is 277 Å². The second-order valence-electron chi connectivity index (χ2n) is 10.3. The molecule has 2 aromatic carbocycles. The van der Waals surface area contributed by atoms with Crippen LogP contribution >= 0.6 is 15.2 Å². The standard InChI is InChI=1S/C16H23F2N2O6P.C10H13F2N2O4P/c1-3-9(2)13(19)14(21)20-12(15(22)23)8-10-4-6-11(7-5-10)16(17,18)27(24,25)26;11-10(12,19(16,17)18)7-3-1-6(2-4-7)5-8(13)9(14)15/h4-7,9,12-13H,3,8,19H2,1-2H3,(H,20,21)(H,22,23)(H2,24,25,26);1-4,8H,5,13H2,(H2,14,15)(H2,16,17,18)/t9-,12-,13-;8-/m00/s1. The van der Waals surface area contributed by atoms with Crippen molar-refractivity contribution in [3.8, 4) is 0 Å². The van der Waals surface area contributed by atoms with Crippen molar-refractivity contribution >= 4 is 33.0 Å². The summed E-state index contributed by atoms with van der Waals surface area (Å²) >= 11 is 0. The Morgan fingerprint density at radius 1 is 0.804 bits per heavy atom. The van der Waals surface area contributed by atoms with Crippen LogP contribution in [-0.4, -0.2) is 60.6 Å². The molecular formula is C26H36F4N4O10P2. The molecule has 0 saturated heterocycles. The van der Waals surface area contributed by atoms with Gasteiger partial charge in [0.05, 0.1) is 12.1 Å². The molecule has 0 radical (unpaired) electrons. The van der Waals surface area contributed by atoms with Crippen LogP contribution in [-0.2, 0) is 47.7 Å². The van der Waals surface area contributed by atoms with E-state index in [1.54, 1.807) is 6.92 Å². The van der Waals surface area contributed by atoms with Crippen LogP contribution in [0.1, 0.15) is 42.5 Å². The van der Waals surface area contributed by atoms with Gasteiger partial charge >= 0.3 is 32.5 Å². The van der Waals surface area contributed by atoms with Gasteiger partial charge in [-0.15, -0.1) is 0 Å². The van der Waals surface area contributed by atoms with Crippen molar-refractivity contribution < 1.29 is 65.8 Å². The van der Waals surface area contributed by atoms with E-state index >= 15 is 0 Å². The third-order valence-electron chi connectivity index (χ3n) is 6.77. The zero-order valence-corrected chi connectivity index (χ0v) is 26.3. The van der Waals surface area contributed by atoms with Crippen molar-refractivity contribution in [3.05, 3.63) is 70.8 Å². The maximum atomic E-state index is 13.6. The summed E-state index contributed by atoms with van der Waals surface area (Å²) in [5.74, 6) is -2.86. The third-order valence-corrected chi connectivity index (χ3v) is 8.75. The van der Waals surface area contributed by atoms with Gasteiger partial charge in [0.15, 0.2) is 0 Å². The van der Waals surface area contributed by atoms with Crippen molar-refractivity contribution in [2.24, 2.45) is 23.1 Å². The molecule has 2 aromatic rings. The minimum absolute atomic E-state index is 0.0527. The van der Waals surface area contributed by atoms with Crippen molar-refractivity contribution in [1.82, 2.24) is 5.32 Å². The van der Waals surface area contributed by atoms with Gasteiger partial charge < -0.3 is 47.2 Å². The maximum absolute atomic E-state index is 13.6. The second-order valence-corrected chi connectivity index (χ2v) is 13.6. The average molecular weight is 703 g/mol. The lowest BCUT2D eigenvalue weighted by molar-refractivity contribution is -0.142. The molecule has 0 aromatic heterocycles. The molecule has 4 atom stereocenters. The predicted octanol–water partition coefficient (Wildman–Crippen LogP) is 1.67. The minimum Gasteiger partial charge on any atom is -0.480 e. The van der Waals surface area contributed by atoms with Gasteiger partial charge in [0.1, 0.15) is 6.04 Å². The number of benzene rings is 2. The first-order chi connectivity index (χ1) is 20.9. The summed E-state index contributed by atoms with van der Waals surface area (Å²) in [7, 11) is -11.3. The van der Waals surface area contributed by atoms with Crippen molar-refractivity contribution in [2.45, 2.75) is 62.6 Å². The highest BCUT2D eigenvalue weighted by Gasteiger charge is 2.51. The van der Waals surface area contributed by atoms with Gasteiger partial charge in [0.2, 0.25) is 11.8 Å². The summed E-state index contributed by atoms with van der Waals surface area (Å²) in [5, 5.41) is 11.6. The van der Waals surface area contributed by atoms with Gasteiger partial charge in [0, 0.05) is 17.5 Å². The number of hydrogen-bond acceptors (Lipinski definition) is 7. The van der Waals surface area contributed by atoms with Crippen LogP contribution in [0, 0.1) is 5.92 Å². The van der Waals surface area contributed by atoms with Crippen LogP contribution in [0.25, 0.3) is 0 Å². The first-order valence-electron chi connectivity index (χ1n) is 13.3. The number of amides is 2. The lowest BCUT2D eigenvalue weighted by Gasteiger charge is -2.21. The predicted molar refractivity (Wildman–Crippen MR) is 156 cm³/mol. The van der Waals surface area contributed by atoms with Gasteiger partial charge in [-0.3, -0.25) is 18.7 Å². The quantitative estimate of drug-likeness (QED) is 0.100. The fourth-order valence-electron chi connectivity index (χ4n) is 3.59. The first-order valence-corrected chi connectivity index (χ1v) is 16.5. The zero-order chi connectivity index (χ0) is 35.8. The van der Waals surface area contributed by atoms with E-state index in [0.29, 0.717) is 12.0 Å².